The van der Waals surface area contributed by atoms with Gasteiger partial charge in [-0.25, -0.2) is 10.9 Å². The molecule has 2 unspecified atom stereocenters. The van der Waals surface area contributed by atoms with Crippen molar-refractivity contribution in [2.24, 2.45) is 10.2 Å². The van der Waals surface area contributed by atoms with E-state index in [4.69, 9.17) is 4.74 Å². The quantitative estimate of drug-likeness (QED) is 0.325. The molecule has 1 fully saturated rings. The van der Waals surface area contributed by atoms with E-state index in [0.717, 1.165) is 22.4 Å². The zero-order chi connectivity index (χ0) is 22.6. The number of nitrogens with zero attached hydrogens (tertiary/aromatic N) is 2. The number of rotatable bonds is 6. The Bertz CT molecular complexity index is 1300. The molecule has 8 heteroatoms. The van der Waals surface area contributed by atoms with Crippen LogP contribution in [0, 0.1) is 0 Å². The summed E-state index contributed by atoms with van der Waals surface area (Å²) in [7, 11) is 0. The Kier molecular flexibility index (Phi) is 5.84. The number of amides is 1. The summed E-state index contributed by atoms with van der Waals surface area (Å²) in [6.45, 7) is 0.489. The minimum absolute atomic E-state index is 0.0732. The maximum absolute atomic E-state index is 12.6. The zero-order valence-electron chi connectivity index (χ0n) is 17.7. The van der Waals surface area contributed by atoms with Gasteiger partial charge in [-0.3, -0.25) is 4.79 Å². The Morgan fingerprint density at radius 2 is 1.82 bits per heavy atom. The van der Waals surface area contributed by atoms with Gasteiger partial charge in [0, 0.05) is 11.4 Å². The van der Waals surface area contributed by atoms with E-state index in [1.165, 1.54) is 0 Å². The van der Waals surface area contributed by atoms with Crippen molar-refractivity contribution in [1.82, 2.24) is 15.8 Å². The van der Waals surface area contributed by atoms with Crippen LogP contribution in [0.4, 0.5) is 5.69 Å². The first-order valence-corrected chi connectivity index (χ1v) is 10.7. The highest BCUT2D eigenvalue weighted by molar-refractivity contribution is 5.94. The molecule has 0 saturated carbocycles. The summed E-state index contributed by atoms with van der Waals surface area (Å²) in [5.74, 6) is 0.240. The number of fused-ring (bicyclic) bond motifs is 1. The number of para-hydroxylation sites is 1. The second-order valence-corrected chi connectivity index (χ2v) is 7.88. The Morgan fingerprint density at radius 1 is 1.00 bits per heavy atom. The van der Waals surface area contributed by atoms with Crippen molar-refractivity contribution in [3.05, 3.63) is 90.0 Å². The van der Waals surface area contributed by atoms with E-state index in [1.54, 1.807) is 0 Å². The van der Waals surface area contributed by atoms with Gasteiger partial charge in [0.25, 0.3) is 5.91 Å². The summed E-state index contributed by atoms with van der Waals surface area (Å²) in [4.78, 5) is 15.4. The number of carbonyl (C=O) groups is 1. The van der Waals surface area contributed by atoms with Crippen LogP contribution in [0.15, 0.2) is 89.1 Å². The number of ether oxygens (including phenoxy) is 1. The molecule has 1 amide bonds. The third-order valence-corrected chi connectivity index (χ3v) is 5.62. The van der Waals surface area contributed by atoms with Crippen LogP contribution >= 0.6 is 0 Å². The van der Waals surface area contributed by atoms with E-state index < -0.39 is 11.9 Å². The number of benzene rings is 3. The lowest BCUT2D eigenvalue weighted by atomic mass is 10.0. The molecule has 5 rings (SSSR count). The molecule has 0 aliphatic carbocycles. The number of carbonyl (C=O) groups excluding carboxylic acids is 1. The highest BCUT2D eigenvalue weighted by Gasteiger charge is 2.30. The van der Waals surface area contributed by atoms with Crippen molar-refractivity contribution in [3.8, 4) is 11.6 Å². The standard InChI is InChI=1S/C25H23N5O3/c31-24(30-29-23-19-11-4-5-12-20(19)26-25(23)32)22-14-21(27-28-22)17-9-6-10-18(13-17)33-15-16-7-2-1-3-8-16/h1-13,21-22,26-28,32H,14-15H2. The molecular weight excluding hydrogens is 418 g/mol. The molecule has 1 saturated heterocycles. The van der Waals surface area contributed by atoms with Crippen LogP contribution in [0.1, 0.15) is 23.6 Å². The average molecular weight is 441 g/mol. The molecule has 33 heavy (non-hydrogen) atoms. The van der Waals surface area contributed by atoms with E-state index in [1.807, 2.05) is 78.9 Å². The van der Waals surface area contributed by atoms with E-state index in [9.17, 15) is 9.90 Å². The molecule has 2 atom stereocenters. The molecule has 0 spiro atoms. The Labute approximate surface area is 190 Å². The van der Waals surface area contributed by atoms with E-state index in [0.29, 0.717) is 18.4 Å². The van der Waals surface area contributed by atoms with Gasteiger partial charge in [-0.1, -0.05) is 60.7 Å². The molecule has 0 radical (unpaired) electrons. The van der Waals surface area contributed by atoms with Crippen molar-refractivity contribution < 1.29 is 14.6 Å². The summed E-state index contributed by atoms with van der Waals surface area (Å²) in [6, 6.07) is 24.5. The summed E-state index contributed by atoms with van der Waals surface area (Å²) in [5, 5.41) is 18.6. The van der Waals surface area contributed by atoms with Gasteiger partial charge in [0.1, 0.15) is 18.4 Å². The van der Waals surface area contributed by atoms with Crippen molar-refractivity contribution in [2.75, 3.05) is 0 Å². The van der Waals surface area contributed by atoms with E-state index in [2.05, 4.69) is 26.1 Å². The molecule has 3 aromatic carbocycles. The molecule has 0 bridgehead atoms. The monoisotopic (exact) mass is 441 g/mol. The molecule has 4 aromatic rings. The molecule has 4 N–H and O–H groups in total. The smallest absolute Gasteiger partial charge is 0.282 e. The highest BCUT2D eigenvalue weighted by Crippen LogP contribution is 2.35. The minimum atomic E-state index is -0.528. The Balaban J connectivity index is 1.22. The first-order chi connectivity index (χ1) is 16.2. The van der Waals surface area contributed by atoms with Gasteiger partial charge in [0.2, 0.25) is 5.88 Å². The zero-order valence-corrected chi connectivity index (χ0v) is 17.7. The fraction of sp³-hybridized carbons (Fsp3) is 0.160. The van der Waals surface area contributed by atoms with Crippen molar-refractivity contribution in [2.45, 2.75) is 25.1 Å². The predicted molar refractivity (Wildman–Crippen MR) is 124 cm³/mol. The number of azo groups is 1. The minimum Gasteiger partial charge on any atom is -0.493 e. The second-order valence-electron chi connectivity index (χ2n) is 7.88. The van der Waals surface area contributed by atoms with Gasteiger partial charge >= 0.3 is 0 Å². The van der Waals surface area contributed by atoms with Crippen LogP contribution in [0.5, 0.6) is 11.6 Å². The average Bonchev–Trinajstić information content (AvgIpc) is 3.47. The number of hydrogen-bond donors (Lipinski definition) is 4. The molecule has 1 aliphatic heterocycles. The Hall–Kier alpha value is -4.01. The first kappa shape index (κ1) is 20.9. The maximum Gasteiger partial charge on any atom is 0.282 e. The van der Waals surface area contributed by atoms with Gasteiger partial charge in [-0.2, -0.15) is 0 Å². The van der Waals surface area contributed by atoms with Gasteiger partial charge in [0.05, 0.1) is 5.52 Å². The normalized spacial score (nSPS) is 18.2. The molecular formula is C25H23N5O3. The van der Waals surface area contributed by atoms with Crippen molar-refractivity contribution >= 4 is 22.5 Å². The van der Waals surface area contributed by atoms with Crippen molar-refractivity contribution in [3.63, 3.8) is 0 Å². The van der Waals surface area contributed by atoms with Gasteiger partial charge < -0.3 is 14.8 Å². The largest absolute Gasteiger partial charge is 0.493 e. The third kappa shape index (κ3) is 4.62. The lowest BCUT2D eigenvalue weighted by Gasteiger charge is -2.12. The lowest BCUT2D eigenvalue weighted by Crippen LogP contribution is -2.35. The van der Waals surface area contributed by atoms with Crippen LogP contribution < -0.4 is 15.6 Å². The SMILES string of the molecule is O=C(N=Nc1c(O)[nH]c2ccccc12)C1CC(c2cccc(OCc3ccccc3)c2)NN1. The molecule has 1 aliphatic rings. The van der Waals surface area contributed by atoms with Crippen LogP contribution in [-0.2, 0) is 11.4 Å². The lowest BCUT2D eigenvalue weighted by molar-refractivity contribution is -0.120. The van der Waals surface area contributed by atoms with Crippen molar-refractivity contribution in [1.29, 1.82) is 0 Å². The highest BCUT2D eigenvalue weighted by atomic mass is 16.5. The summed E-state index contributed by atoms with van der Waals surface area (Å²) in [6.07, 6.45) is 0.514. The molecule has 2 heterocycles. The van der Waals surface area contributed by atoms with E-state index >= 15 is 0 Å². The second kappa shape index (κ2) is 9.23. The number of H-pyrrole nitrogens is 1. The third-order valence-electron chi connectivity index (χ3n) is 5.62. The fourth-order valence-corrected chi connectivity index (χ4v) is 3.88. The fourth-order valence-electron chi connectivity index (χ4n) is 3.88. The number of aromatic nitrogens is 1. The van der Waals surface area contributed by atoms with Gasteiger partial charge in [0.15, 0.2) is 5.69 Å². The van der Waals surface area contributed by atoms with Crippen LogP contribution in [0.25, 0.3) is 10.9 Å². The first-order valence-electron chi connectivity index (χ1n) is 10.7. The van der Waals surface area contributed by atoms with Crippen LogP contribution in [-0.4, -0.2) is 22.0 Å². The molecule has 1 aromatic heterocycles. The molecule has 166 valence electrons. The number of aromatic amines is 1. The maximum atomic E-state index is 12.6. The van der Waals surface area contributed by atoms with Crippen LogP contribution in [0.3, 0.4) is 0 Å². The number of nitrogens with one attached hydrogen (secondary N) is 3. The number of hydrazine groups is 1. The topological polar surface area (TPSA) is 111 Å². The van der Waals surface area contributed by atoms with Gasteiger partial charge in [-0.15, -0.1) is 10.2 Å². The Morgan fingerprint density at radius 3 is 2.70 bits per heavy atom. The predicted octanol–water partition coefficient (Wildman–Crippen LogP) is 4.67. The van der Waals surface area contributed by atoms with Gasteiger partial charge in [-0.05, 0) is 35.7 Å². The summed E-state index contributed by atoms with van der Waals surface area (Å²) in [5.41, 5.74) is 9.24. The molecule has 8 nitrogen and oxygen atoms in total. The summed E-state index contributed by atoms with van der Waals surface area (Å²) >= 11 is 0. The number of hydrogen-bond acceptors (Lipinski definition) is 6. The summed E-state index contributed by atoms with van der Waals surface area (Å²) < 4.78 is 5.92. The number of aromatic hydroxyl groups is 1. The van der Waals surface area contributed by atoms with E-state index in [-0.39, 0.29) is 17.6 Å². The van der Waals surface area contributed by atoms with Crippen LogP contribution in [0.2, 0.25) is 0 Å².